The number of unbranched alkanes of at least 4 members (excludes halogenated alkanes) is 2. The van der Waals surface area contributed by atoms with Crippen LogP contribution in [-0.2, 0) is 11.3 Å². The van der Waals surface area contributed by atoms with E-state index in [2.05, 4.69) is 17.0 Å². The summed E-state index contributed by atoms with van der Waals surface area (Å²) in [5.41, 5.74) is 1.49. The highest BCUT2D eigenvalue weighted by molar-refractivity contribution is 5.89. The Labute approximate surface area is 143 Å². The third kappa shape index (κ3) is 5.73. The lowest BCUT2D eigenvalue weighted by molar-refractivity contribution is 0.0601. The molecule has 0 bridgehead atoms. The van der Waals surface area contributed by atoms with Crippen LogP contribution in [0.5, 0.6) is 0 Å². The summed E-state index contributed by atoms with van der Waals surface area (Å²) in [5.74, 6) is 1.40. The van der Waals surface area contributed by atoms with E-state index in [1.807, 2.05) is 24.3 Å². The lowest BCUT2D eigenvalue weighted by Crippen LogP contribution is -2.13. The number of methoxy groups -OCH3 is 1. The van der Waals surface area contributed by atoms with Crippen LogP contribution in [-0.4, -0.2) is 19.6 Å². The van der Waals surface area contributed by atoms with Gasteiger partial charge in [0.1, 0.15) is 11.5 Å². The molecule has 0 aliphatic heterocycles. The van der Waals surface area contributed by atoms with Crippen molar-refractivity contribution in [3.05, 3.63) is 47.7 Å². The first kappa shape index (κ1) is 19.3. The molecule has 0 aliphatic rings. The van der Waals surface area contributed by atoms with Crippen LogP contribution in [0.1, 0.15) is 42.3 Å². The number of hydrogen-bond acceptors (Lipinski definition) is 4. The molecule has 2 aromatic rings. The first-order valence-electron chi connectivity index (χ1n) is 7.72. The molecule has 1 aromatic heterocycles. The van der Waals surface area contributed by atoms with Crippen molar-refractivity contribution >= 4 is 18.4 Å². The molecule has 0 spiro atoms. The lowest BCUT2D eigenvalue weighted by atomic mass is 10.1. The summed E-state index contributed by atoms with van der Waals surface area (Å²) in [6.07, 6.45) is 3.68. The number of hydrogen-bond donors (Lipinski definition) is 1. The van der Waals surface area contributed by atoms with E-state index in [-0.39, 0.29) is 18.4 Å². The van der Waals surface area contributed by atoms with Crippen LogP contribution in [0.2, 0.25) is 0 Å². The van der Waals surface area contributed by atoms with Crippen molar-refractivity contribution < 1.29 is 13.9 Å². The van der Waals surface area contributed by atoms with E-state index in [1.165, 1.54) is 26.4 Å². The van der Waals surface area contributed by atoms with Crippen molar-refractivity contribution in [2.24, 2.45) is 0 Å². The molecule has 0 unspecified atom stereocenters. The summed E-state index contributed by atoms with van der Waals surface area (Å²) in [6, 6.07) is 11.2. The molecule has 0 fully saturated rings. The van der Waals surface area contributed by atoms with Crippen molar-refractivity contribution in [1.82, 2.24) is 5.32 Å². The van der Waals surface area contributed by atoms with E-state index in [0.717, 1.165) is 30.2 Å². The number of carbonyl (C=O) groups is 1. The predicted molar refractivity (Wildman–Crippen MR) is 94.0 cm³/mol. The van der Waals surface area contributed by atoms with Crippen molar-refractivity contribution in [2.45, 2.75) is 32.7 Å². The fourth-order valence-corrected chi connectivity index (χ4v) is 2.23. The van der Waals surface area contributed by atoms with Crippen LogP contribution in [0.3, 0.4) is 0 Å². The fraction of sp³-hybridized carbons (Fsp3) is 0.389. The highest BCUT2D eigenvalue weighted by atomic mass is 35.5. The molecule has 0 saturated heterocycles. The molecule has 23 heavy (non-hydrogen) atoms. The molecule has 0 aliphatic carbocycles. The van der Waals surface area contributed by atoms with Gasteiger partial charge in [-0.15, -0.1) is 12.4 Å². The topological polar surface area (TPSA) is 51.5 Å². The normalized spacial score (nSPS) is 10.2. The van der Waals surface area contributed by atoms with Crippen LogP contribution < -0.4 is 5.32 Å². The smallest absolute Gasteiger partial charge is 0.337 e. The highest BCUT2D eigenvalue weighted by Gasteiger charge is 2.08. The van der Waals surface area contributed by atoms with Gasteiger partial charge in [-0.2, -0.15) is 0 Å². The summed E-state index contributed by atoms with van der Waals surface area (Å²) in [4.78, 5) is 11.4. The van der Waals surface area contributed by atoms with Gasteiger partial charge in [-0.25, -0.2) is 4.79 Å². The molecule has 5 heteroatoms. The largest absolute Gasteiger partial charge is 0.465 e. The van der Waals surface area contributed by atoms with Gasteiger partial charge in [0.2, 0.25) is 0 Å². The van der Waals surface area contributed by atoms with Gasteiger partial charge in [0.25, 0.3) is 0 Å². The van der Waals surface area contributed by atoms with E-state index < -0.39 is 0 Å². The number of halogens is 1. The number of esters is 1. The molecule has 2 rings (SSSR count). The van der Waals surface area contributed by atoms with E-state index in [9.17, 15) is 4.79 Å². The molecule has 126 valence electrons. The summed E-state index contributed by atoms with van der Waals surface area (Å²) in [6.45, 7) is 3.95. The standard InChI is InChI=1S/C18H23NO3.ClH/c1-3-4-5-12-19-13-16-10-11-17(22-16)14-6-8-15(9-7-14)18(20)21-2;/h6-11,19H,3-5,12-13H2,1-2H3;1H. The molecule has 4 nitrogen and oxygen atoms in total. The first-order chi connectivity index (χ1) is 10.7. The second-order valence-electron chi connectivity index (χ2n) is 5.22. The van der Waals surface area contributed by atoms with E-state index >= 15 is 0 Å². The van der Waals surface area contributed by atoms with Crippen LogP contribution >= 0.6 is 12.4 Å². The van der Waals surface area contributed by atoms with Crippen molar-refractivity contribution in [3.8, 4) is 11.3 Å². The van der Waals surface area contributed by atoms with Crippen molar-refractivity contribution in [3.63, 3.8) is 0 Å². The van der Waals surface area contributed by atoms with Crippen molar-refractivity contribution in [1.29, 1.82) is 0 Å². The van der Waals surface area contributed by atoms with Gasteiger partial charge in [0.15, 0.2) is 0 Å². The second-order valence-corrected chi connectivity index (χ2v) is 5.22. The Kier molecular flexibility index (Phi) is 8.45. The minimum absolute atomic E-state index is 0. The number of ether oxygens (including phenoxy) is 1. The Balaban J connectivity index is 0.00000264. The quantitative estimate of drug-likeness (QED) is 0.571. The molecular weight excluding hydrogens is 314 g/mol. The zero-order valence-corrected chi connectivity index (χ0v) is 14.4. The second kappa shape index (κ2) is 10.1. The molecule has 1 heterocycles. The number of rotatable bonds is 8. The maximum absolute atomic E-state index is 11.4. The monoisotopic (exact) mass is 337 g/mol. The minimum atomic E-state index is -0.331. The van der Waals surface area contributed by atoms with Gasteiger partial charge in [-0.1, -0.05) is 31.9 Å². The van der Waals surface area contributed by atoms with Crippen LogP contribution in [0, 0.1) is 0 Å². The molecule has 0 radical (unpaired) electrons. The van der Waals surface area contributed by atoms with E-state index in [4.69, 9.17) is 4.42 Å². The zero-order chi connectivity index (χ0) is 15.8. The Morgan fingerprint density at radius 1 is 1.13 bits per heavy atom. The minimum Gasteiger partial charge on any atom is -0.465 e. The molecule has 1 aromatic carbocycles. The molecular formula is C18H24ClNO3. The summed E-state index contributed by atoms with van der Waals surface area (Å²) >= 11 is 0. The number of benzene rings is 1. The maximum atomic E-state index is 11.4. The predicted octanol–water partition coefficient (Wildman–Crippen LogP) is 4.43. The van der Waals surface area contributed by atoms with Crippen LogP contribution in [0.25, 0.3) is 11.3 Å². The zero-order valence-electron chi connectivity index (χ0n) is 13.6. The maximum Gasteiger partial charge on any atom is 0.337 e. The van der Waals surface area contributed by atoms with Gasteiger partial charge in [0.05, 0.1) is 19.2 Å². The third-order valence-electron chi connectivity index (χ3n) is 3.51. The highest BCUT2D eigenvalue weighted by Crippen LogP contribution is 2.22. The molecule has 0 atom stereocenters. The Hall–Kier alpha value is -1.78. The summed E-state index contributed by atoms with van der Waals surface area (Å²) in [5, 5.41) is 3.38. The lowest BCUT2D eigenvalue weighted by Gasteiger charge is -2.02. The van der Waals surface area contributed by atoms with Gasteiger partial charge >= 0.3 is 5.97 Å². The van der Waals surface area contributed by atoms with Crippen molar-refractivity contribution in [2.75, 3.05) is 13.7 Å². The number of furan rings is 1. The summed E-state index contributed by atoms with van der Waals surface area (Å²) in [7, 11) is 1.38. The number of nitrogens with one attached hydrogen (secondary N) is 1. The fourth-order valence-electron chi connectivity index (χ4n) is 2.23. The Morgan fingerprint density at radius 2 is 1.87 bits per heavy atom. The Morgan fingerprint density at radius 3 is 2.52 bits per heavy atom. The SMILES string of the molecule is CCCCCNCc1ccc(-c2ccc(C(=O)OC)cc2)o1.Cl. The summed E-state index contributed by atoms with van der Waals surface area (Å²) < 4.78 is 10.5. The van der Waals surface area contributed by atoms with Crippen LogP contribution in [0.15, 0.2) is 40.8 Å². The van der Waals surface area contributed by atoms with Gasteiger partial charge in [-0.05, 0) is 37.2 Å². The van der Waals surface area contributed by atoms with Crippen LogP contribution in [0.4, 0.5) is 0 Å². The molecule has 1 N–H and O–H groups in total. The number of carbonyl (C=O) groups excluding carboxylic acids is 1. The van der Waals surface area contributed by atoms with Gasteiger partial charge in [-0.3, -0.25) is 0 Å². The average Bonchev–Trinajstić information content (AvgIpc) is 3.03. The molecule has 0 saturated carbocycles. The van der Waals surface area contributed by atoms with Gasteiger partial charge in [0, 0.05) is 5.56 Å². The Bertz CT molecular complexity index is 593. The van der Waals surface area contributed by atoms with E-state index in [0.29, 0.717) is 5.56 Å². The van der Waals surface area contributed by atoms with Gasteiger partial charge < -0.3 is 14.5 Å². The third-order valence-corrected chi connectivity index (χ3v) is 3.51. The molecule has 0 amide bonds. The first-order valence-corrected chi connectivity index (χ1v) is 7.72. The van der Waals surface area contributed by atoms with E-state index in [1.54, 1.807) is 12.1 Å². The average molecular weight is 338 g/mol.